The van der Waals surface area contributed by atoms with Gasteiger partial charge in [-0.1, -0.05) is 0 Å². The van der Waals surface area contributed by atoms with Crippen molar-refractivity contribution in [2.45, 2.75) is 26.3 Å². The zero-order chi connectivity index (χ0) is 10.7. The lowest BCUT2D eigenvalue weighted by atomic mass is 10.1. The molecule has 1 atom stereocenters. The van der Waals surface area contributed by atoms with Crippen molar-refractivity contribution in [2.24, 2.45) is 5.92 Å². The van der Waals surface area contributed by atoms with E-state index in [9.17, 15) is 0 Å². The largest absolute Gasteiger partial charge is 0.396 e. The smallest absolute Gasteiger partial charge is 0.0897 e. The van der Waals surface area contributed by atoms with Crippen LogP contribution in [-0.4, -0.2) is 34.7 Å². The van der Waals surface area contributed by atoms with E-state index in [1.54, 1.807) is 11.3 Å². The second kappa shape index (κ2) is 5.05. The Labute approximate surface area is 94.8 Å². The van der Waals surface area contributed by atoms with Crippen LogP contribution in [0.4, 0.5) is 0 Å². The van der Waals surface area contributed by atoms with Crippen LogP contribution in [0, 0.1) is 12.8 Å². The maximum atomic E-state index is 8.88. The summed E-state index contributed by atoms with van der Waals surface area (Å²) in [6.07, 6.45) is 2.18. The number of nitrogens with zero attached hydrogens (tertiary/aromatic N) is 2. The summed E-state index contributed by atoms with van der Waals surface area (Å²) in [5.41, 5.74) is 1.20. The fourth-order valence-electron chi connectivity index (χ4n) is 2.18. The molecule has 3 nitrogen and oxygen atoms in total. The summed E-state index contributed by atoms with van der Waals surface area (Å²) in [7, 11) is 0. The zero-order valence-electron chi connectivity index (χ0n) is 9.15. The van der Waals surface area contributed by atoms with Crippen molar-refractivity contribution in [3.05, 3.63) is 16.1 Å². The average Bonchev–Trinajstić information content (AvgIpc) is 2.78. The molecule has 0 bridgehead atoms. The van der Waals surface area contributed by atoms with Crippen LogP contribution >= 0.6 is 11.3 Å². The molecule has 1 N–H and O–H groups in total. The van der Waals surface area contributed by atoms with E-state index in [-0.39, 0.29) is 0 Å². The van der Waals surface area contributed by atoms with Crippen LogP contribution in [0.25, 0.3) is 0 Å². The van der Waals surface area contributed by atoms with Gasteiger partial charge in [-0.3, -0.25) is 4.90 Å². The Balaban J connectivity index is 1.82. The minimum atomic E-state index is 0.328. The number of aliphatic hydroxyl groups is 1. The fourth-order valence-corrected chi connectivity index (χ4v) is 2.79. The zero-order valence-corrected chi connectivity index (χ0v) is 9.96. The second-order valence-corrected chi connectivity index (χ2v) is 5.32. The SMILES string of the molecule is Cc1nc(CN2CCC(CCO)C2)cs1. The lowest BCUT2D eigenvalue weighted by Gasteiger charge is -2.13. The summed E-state index contributed by atoms with van der Waals surface area (Å²) >= 11 is 1.72. The van der Waals surface area contributed by atoms with E-state index in [0.29, 0.717) is 12.5 Å². The third kappa shape index (κ3) is 3.00. The fraction of sp³-hybridized carbons (Fsp3) is 0.727. The molecular weight excluding hydrogens is 208 g/mol. The van der Waals surface area contributed by atoms with E-state index >= 15 is 0 Å². The standard InChI is InChI=1S/C11H18N2OS/c1-9-12-11(8-15-9)7-13-4-2-10(6-13)3-5-14/h8,10,14H,2-7H2,1H3. The van der Waals surface area contributed by atoms with Crippen LogP contribution in [0.3, 0.4) is 0 Å². The molecule has 1 aliphatic heterocycles. The van der Waals surface area contributed by atoms with Gasteiger partial charge in [-0.25, -0.2) is 4.98 Å². The van der Waals surface area contributed by atoms with Crippen molar-refractivity contribution < 1.29 is 5.11 Å². The van der Waals surface area contributed by atoms with Gasteiger partial charge < -0.3 is 5.11 Å². The molecule has 0 radical (unpaired) electrons. The van der Waals surface area contributed by atoms with Crippen LogP contribution in [0.15, 0.2) is 5.38 Å². The first-order valence-corrected chi connectivity index (χ1v) is 6.40. The number of aliphatic hydroxyl groups excluding tert-OH is 1. The predicted octanol–water partition coefficient (Wildman–Crippen LogP) is 1.66. The van der Waals surface area contributed by atoms with E-state index in [4.69, 9.17) is 5.11 Å². The molecule has 0 saturated carbocycles. The summed E-state index contributed by atoms with van der Waals surface area (Å²) < 4.78 is 0. The molecule has 0 aromatic carbocycles. The Kier molecular flexibility index (Phi) is 3.72. The third-order valence-corrected chi connectivity index (χ3v) is 3.78. The Morgan fingerprint density at radius 3 is 3.20 bits per heavy atom. The quantitative estimate of drug-likeness (QED) is 0.848. The molecule has 0 aliphatic carbocycles. The number of hydrogen-bond acceptors (Lipinski definition) is 4. The van der Waals surface area contributed by atoms with E-state index in [1.807, 2.05) is 6.92 Å². The van der Waals surface area contributed by atoms with E-state index in [0.717, 1.165) is 31.1 Å². The molecule has 84 valence electrons. The first kappa shape index (κ1) is 11.0. The lowest BCUT2D eigenvalue weighted by molar-refractivity contribution is 0.249. The molecule has 0 amide bonds. The molecule has 1 aliphatic rings. The summed E-state index contributed by atoms with van der Waals surface area (Å²) in [5, 5.41) is 12.2. The first-order chi connectivity index (χ1) is 7.28. The van der Waals surface area contributed by atoms with E-state index in [2.05, 4.69) is 15.3 Å². The highest BCUT2D eigenvalue weighted by Gasteiger charge is 2.22. The molecule has 1 aromatic rings. The summed E-state index contributed by atoms with van der Waals surface area (Å²) in [6.45, 7) is 5.63. The number of aryl methyl sites for hydroxylation is 1. The van der Waals surface area contributed by atoms with Crippen molar-refractivity contribution in [3.63, 3.8) is 0 Å². The van der Waals surface area contributed by atoms with Gasteiger partial charge in [-0.05, 0) is 32.2 Å². The van der Waals surface area contributed by atoms with Crippen LogP contribution < -0.4 is 0 Å². The molecule has 1 fully saturated rings. The van der Waals surface area contributed by atoms with Crippen molar-refractivity contribution in [1.82, 2.24) is 9.88 Å². The van der Waals surface area contributed by atoms with Gasteiger partial charge in [-0.15, -0.1) is 11.3 Å². The molecular formula is C11H18N2OS. The van der Waals surface area contributed by atoms with E-state index < -0.39 is 0 Å². The van der Waals surface area contributed by atoms with Crippen LogP contribution in [0.1, 0.15) is 23.5 Å². The van der Waals surface area contributed by atoms with E-state index in [1.165, 1.54) is 12.1 Å². The predicted molar refractivity (Wildman–Crippen MR) is 61.9 cm³/mol. The number of aromatic nitrogens is 1. The maximum absolute atomic E-state index is 8.88. The number of thiazole rings is 1. The Morgan fingerprint density at radius 2 is 2.53 bits per heavy atom. The molecule has 1 aromatic heterocycles. The molecule has 2 heterocycles. The highest BCUT2D eigenvalue weighted by atomic mass is 32.1. The molecule has 0 spiro atoms. The molecule has 15 heavy (non-hydrogen) atoms. The molecule has 4 heteroatoms. The highest BCUT2D eigenvalue weighted by molar-refractivity contribution is 7.09. The minimum Gasteiger partial charge on any atom is -0.396 e. The van der Waals surface area contributed by atoms with Gasteiger partial charge in [-0.2, -0.15) is 0 Å². The van der Waals surface area contributed by atoms with Gasteiger partial charge in [0.05, 0.1) is 10.7 Å². The van der Waals surface area contributed by atoms with Crippen molar-refractivity contribution in [3.8, 4) is 0 Å². The van der Waals surface area contributed by atoms with Crippen molar-refractivity contribution >= 4 is 11.3 Å². The average molecular weight is 226 g/mol. The van der Waals surface area contributed by atoms with Gasteiger partial charge in [0.25, 0.3) is 0 Å². The van der Waals surface area contributed by atoms with Gasteiger partial charge in [0.15, 0.2) is 0 Å². The summed E-state index contributed by atoms with van der Waals surface area (Å²) in [5.74, 6) is 0.690. The number of hydrogen-bond donors (Lipinski definition) is 1. The molecule has 2 rings (SSSR count). The third-order valence-electron chi connectivity index (χ3n) is 2.96. The van der Waals surface area contributed by atoms with Gasteiger partial charge in [0, 0.05) is 25.1 Å². The highest BCUT2D eigenvalue weighted by Crippen LogP contribution is 2.21. The molecule has 1 saturated heterocycles. The van der Waals surface area contributed by atoms with Crippen molar-refractivity contribution in [1.29, 1.82) is 0 Å². The van der Waals surface area contributed by atoms with Gasteiger partial charge in [0.1, 0.15) is 0 Å². The monoisotopic (exact) mass is 226 g/mol. The topological polar surface area (TPSA) is 36.4 Å². The normalized spacial score (nSPS) is 22.4. The maximum Gasteiger partial charge on any atom is 0.0897 e. The lowest BCUT2D eigenvalue weighted by Crippen LogP contribution is -2.20. The number of likely N-dealkylation sites (tertiary alicyclic amines) is 1. The van der Waals surface area contributed by atoms with Crippen LogP contribution in [0.2, 0.25) is 0 Å². The Hall–Kier alpha value is -0.450. The first-order valence-electron chi connectivity index (χ1n) is 5.52. The molecule has 1 unspecified atom stereocenters. The van der Waals surface area contributed by atoms with Gasteiger partial charge in [0.2, 0.25) is 0 Å². The van der Waals surface area contributed by atoms with Gasteiger partial charge >= 0.3 is 0 Å². The van der Waals surface area contributed by atoms with Crippen molar-refractivity contribution in [2.75, 3.05) is 19.7 Å². The Bertz CT molecular complexity index is 313. The summed E-state index contributed by atoms with van der Waals surface area (Å²) in [4.78, 5) is 6.91. The summed E-state index contributed by atoms with van der Waals surface area (Å²) in [6, 6.07) is 0. The second-order valence-electron chi connectivity index (χ2n) is 4.26. The number of rotatable bonds is 4. The van der Waals surface area contributed by atoms with Crippen LogP contribution in [-0.2, 0) is 6.54 Å². The Morgan fingerprint density at radius 1 is 1.67 bits per heavy atom. The van der Waals surface area contributed by atoms with Crippen LogP contribution in [0.5, 0.6) is 0 Å². The minimum absolute atomic E-state index is 0.328.